The molecular weight excluding hydrogens is 436 g/mol. The van der Waals surface area contributed by atoms with E-state index in [1.54, 1.807) is 24.3 Å². The molecule has 6 aliphatic rings. The van der Waals surface area contributed by atoms with Crippen molar-refractivity contribution in [3.05, 3.63) is 60.7 Å². The second-order valence-corrected chi connectivity index (χ2v) is 9.85. The van der Waals surface area contributed by atoms with Crippen molar-refractivity contribution < 1.29 is 29.4 Å². The maximum absolute atomic E-state index is 13.5. The van der Waals surface area contributed by atoms with Crippen LogP contribution < -0.4 is 9.80 Å². The second-order valence-electron chi connectivity index (χ2n) is 9.85. The van der Waals surface area contributed by atoms with Crippen LogP contribution in [0.25, 0.3) is 0 Å². The van der Waals surface area contributed by atoms with Crippen LogP contribution in [0.3, 0.4) is 0 Å². The van der Waals surface area contributed by atoms with E-state index in [4.69, 9.17) is 0 Å². The smallest absolute Gasteiger partial charge is 0.238 e. The van der Waals surface area contributed by atoms with Crippen molar-refractivity contribution in [1.82, 2.24) is 0 Å². The normalized spacial score (nSPS) is 37.1. The number of allylic oxidation sites excluding steroid dienone is 2. The first-order chi connectivity index (χ1) is 16.4. The van der Waals surface area contributed by atoms with Crippen LogP contribution >= 0.6 is 0 Å². The van der Waals surface area contributed by atoms with E-state index < -0.39 is 23.7 Å². The number of phenols is 2. The topological polar surface area (TPSA) is 115 Å². The third-order valence-electron chi connectivity index (χ3n) is 8.56. The van der Waals surface area contributed by atoms with Gasteiger partial charge in [-0.05, 0) is 72.2 Å². The fourth-order valence-corrected chi connectivity index (χ4v) is 7.31. The van der Waals surface area contributed by atoms with Crippen LogP contribution in [0, 0.1) is 47.3 Å². The molecule has 2 aromatic rings. The summed E-state index contributed by atoms with van der Waals surface area (Å²) in [5.41, 5.74) is 0.838. The highest BCUT2D eigenvalue weighted by atomic mass is 16.3. The fraction of sp³-hybridized carbons (Fsp3) is 0.308. The second kappa shape index (κ2) is 6.34. The molecule has 8 nitrogen and oxygen atoms in total. The van der Waals surface area contributed by atoms with Crippen molar-refractivity contribution in [3.63, 3.8) is 0 Å². The zero-order valence-corrected chi connectivity index (χ0v) is 17.8. The number of aromatic hydroxyl groups is 2. The predicted molar refractivity (Wildman–Crippen MR) is 118 cm³/mol. The van der Waals surface area contributed by atoms with E-state index in [9.17, 15) is 29.4 Å². The summed E-state index contributed by atoms with van der Waals surface area (Å²) in [5, 5.41) is 19.2. The molecule has 8 atom stereocenters. The molecule has 2 bridgehead atoms. The lowest BCUT2D eigenvalue weighted by atomic mass is 9.40. The Bertz CT molecular complexity index is 1260. The number of fused-ring (bicyclic) bond motifs is 1. The summed E-state index contributed by atoms with van der Waals surface area (Å²) in [5.74, 6) is -4.01. The Morgan fingerprint density at radius 3 is 1.18 bits per heavy atom. The summed E-state index contributed by atoms with van der Waals surface area (Å²) < 4.78 is 0. The van der Waals surface area contributed by atoms with Gasteiger partial charge in [-0.25, -0.2) is 0 Å². The molecular formula is C26H20N2O6. The van der Waals surface area contributed by atoms with Crippen LogP contribution in [-0.4, -0.2) is 33.8 Å². The van der Waals surface area contributed by atoms with E-state index in [1.807, 2.05) is 12.2 Å². The van der Waals surface area contributed by atoms with Gasteiger partial charge in [0, 0.05) is 0 Å². The lowest BCUT2D eigenvalue weighted by Gasteiger charge is -2.60. The van der Waals surface area contributed by atoms with Gasteiger partial charge in [0.1, 0.15) is 11.5 Å². The number of imide groups is 2. The van der Waals surface area contributed by atoms with Crippen LogP contribution in [0.5, 0.6) is 11.5 Å². The third-order valence-corrected chi connectivity index (χ3v) is 8.56. The Morgan fingerprint density at radius 2 is 0.824 bits per heavy atom. The van der Waals surface area contributed by atoms with Gasteiger partial charge >= 0.3 is 0 Å². The Kier molecular flexibility index (Phi) is 3.64. The number of hydrogen-bond acceptors (Lipinski definition) is 6. The number of hydrogen-bond donors (Lipinski definition) is 2. The Labute approximate surface area is 194 Å². The molecule has 34 heavy (non-hydrogen) atoms. The molecule has 0 radical (unpaired) electrons. The molecule has 2 N–H and O–H groups in total. The fourth-order valence-electron chi connectivity index (χ4n) is 7.31. The van der Waals surface area contributed by atoms with E-state index in [-0.39, 0.29) is 58.8 Å². The molecule has 2 heterocycles. The Morgan fingerprint density at radius 1 is 0.500 bits per heavy atom. The molecule has 2 aliphatic heterocycles. The van der Waals surface area contributed by atoms with Crippen molar-refractivity contribution in [2.45, 2.75) is 0 Å². The van der Waals surface area contributed by atoms with Gasteiger partial charge in [-0.3, -0.25) is 29.0 Å². The molecule has 170 valence electrons. The van der Waals surface area contributed by atoms with Crippen molar-refractivity contribution in [3.8, 4) is 11.5 Å². The van der Waals surface area contributed by atoms with Crippen molar-refractivity contribution in [2.75, 3.05) is 9.80 Å². The van der Waals surface area contributed by atoms with Gasteiger partial charge in [-0.2, -0.15) is 0 Å². The molecule has 4 fully saturated rings. The van der Waals surface area contributed by atoms with E-state index in [0.29, 0.717) is 11.4 Å². The third kappa shape index (κ3) is 2.18. The van der Waals surface area contributed by atoms with Gasteiger partial charge < -0.3 is 10.2 Å². The first-order valence-electron chi connectivity index (χ1n) is 11.4. The monoisotopic (exact) mass is 456 g/mol. The van der Waals surface area contributed by atoms with Crippen molar-refractivity contribution in [2.24, 2.45) is 47.3 Å². The summed E-state index contributed by atoms with van der Waals surface area (Å²) in [6, 6.07) is 11.9. The molecule has 0 aromatic heterocycles. The molecule has 2 saturated heterocycles. The summed E-state index contributed by atoms with van der Waals surface area (Å²) >= 11 is 0. The van der Waals surface area contributed by atoms with Gasteiger partial charge in [0.15, 0.2) is 0 Å². The predicted octanol–water partition coefficient (Wildman–Crippen LogP) is 2.07. The minimum Gasteiger partial charge on any atom is -0.508 e. The molecule has 2 saturated carbocycles. The highest BCUT2D eigenvalue weighted by Gasteiger charge is 2.75. The van der Waals surface area contributed by atoms with Gasteiger partial charge in [0.05, 0.1) is 35.0 Å². The van der Waals surface area contributed by atoms with Gasteiger partial charge in [-0.15, -0.1) is 0 Å². The van der Waals surface area contributed by atoms with Crippen LogP contribution in [0.2, 0.25) is 0 Å². The molecule has 8 rings (SSSR count). The Hall–Kier alpha value is -3.94. The number of anilines is 2. The first-order valence-corrected chi connectivity index (χ1v) is 11.4. The summed E-state index contributed by atoms with van der Waals surface area (Å²) in [4.78, 5) is 56.1. The molecule has 4 aliphatic carbocycles. The van der Waals surface area contributed by atoms with Crippen LogP contribution in [0.4, 0.5) is 11.4 Å². The molecule has 8 heteroatoms. The number of benzene rings is 2. The van der Waals surface area contributed by atoms with Crippen molar-refractivity contribution >= 4 is 35.0 Å². The van der Waals surface area contributed by atoms with Crippen LogP contribution in [-0.2, 0) is 19.2 Å². The van der Waals surface area contributed by atoms with Gasteiger partial charge in [0.25, 0.3) is 0 Å². The summed E-state index contributed by atoms with van der Waals surface area (Å²) in [7, 11) is 0. The minimum atomic E-state index is -0.552. The van der Waals surface area contributed by atoms with Gasteiger partial charge in [-0.1, -0.05) is 12.2 Å². The standard InChI is InChI=1S/C26H20N2O6/c29-13-5-1-11(2-6-13)27-23(31)19-15-9-10-16(20(19)24(27)32)18-17(15)21-22(18)26(34)28(25(21)33)12-3-7-14(30)8-4-12/h1-10,15-22,29-30H/t15-,16+,17-,18-,19+,20-,21-,22-/m0/s1. The number of amides is 4. The number of phenolic OH excluding ortho intramolecular Hbond substituents is 2. The maximum Gasteiger partial charge on any atom is 0.238 e. The highest BCUT2D eigenvalue weighted by molar-refractivity contribution is 6.25. The summed E-state index contributed by atoms with van der Waals surface area (Å²) in [6.07, 6.45) is 3.94. The number of carbonyl (C=O) groups is 4. The highest BCUT2D eigenvalue weighted by Crippen LogP contribution is 2.68. The first kappa shape index (κ1) is 19.5. The lowest BCUT2D eigenvalue weighted by Crippen LogP contribution is -2.63. The van der Waals surface area contributed by atoms with Crippen molar-refractivity contribution in [1.29, 1.82) is 0 Å². The average molecular weight is 456 g/mol. The number of carbonyl (C=O) groups excluding carboxylic acids is 4. The quantitative estimate of drug-likeness (QED) is 0.528. The SMILES string of the molecule is O=C1[C@@H]2[C@H]3C=C[C@@H]([C@@H]2C(=O)N1c1ccc(O)cc1)[C@@H]1[C@@H]2C(=O)N(c4ccc(O)cc4)C(=O)[C@H]2[C@@H]31. The molecule has 4 amide bonds. The van der Waals surface area contributed by atoms with E-state index >= 15 is 0 Å². The van der Waals surface area contributed by atoms with Crippen LogP contribution in [0.15, 0.2) is 60.7 Å². The molecule has 0 spiro atoms. The van der Waals surface area contributed by atoms with Crippen LogP contribution in [0.1, 0.15) is 0 Å². The Balaban J connectivity index is 1.25. The molecule has 2 aromatic carbocycles. The zero-order chi connectivity index (χ0) is 23.5. The zero-order valence-electron chi connectivity index (χ0n) is 17.8. The van der Waals surface area contributed by atoms with E-state index in [1.165, 1.54) is 34.1 Å². The van der Waals surface area contributed by atoms with Gasteiger partial charge in [0.2, 0.25) is 23.6 Å². The summed E-state index contributed by atoms with van der Waals surface area (Å²) in [6.45, 7) is 0. The van der Waals surface area contributed by atoms with E-state index in [0.717, 1.165) is 0 Å². The maximum atomic E-state index is 13.5. The largest absolute Gasteiger partial charge is 0.508 e. The average Bonchev–Trinajstić information content (AvgIpc) is 3.19. The van der Waals surface area contributed by atoms with E-state index in [2.05, 4.69) is 0 Å². The lowest BCUT2D eigenvalue weighted by molar-refractivity contribution is -0.166. The minimum absolute atomic E-state index is 0.0445. The number of nitrogens with zero attached hydrogens (tertiary/aromatic N) is 2. The molecule has 0 unspecified atom stereocenters. The number of rotatable bonds is 2.